The fourth-order valence-electron chi connectivity index (χ4n) is 1.57. The van der Waals surface area contributed by atoms with Gasteiger partial charge in [-0.05, 0) is 29.0 Å². The lowest BCUT2D eigenvalue weighted by Gasteiger charge is -2.10. The van der Waals surface area contributed by atoms with Crippen molar-refractivity contribution in [2.45, 2.75) is 18.2 Å². The predicted octanol–water partition coefficient (Wildman–Crippen LogP) is 4.04. The number of thiophene rings is 1. The van der Waals surface area contributed by atoms with Crippen LogP contribution >= 0.6 is 22.9 Å². The first-order valence-electron chi connectivity index (χ1n) is 5.64. The Labute approximate surface area is 115 Å². The summed E-state index contributed by atoms with van der Waals surface area (Å²) >= 11 is 7.39. The van der Waals surface area contributed by atoms with Gasteiger partial charge < -0.3 is 5.11 Å². The number of carbonyl (C=O) groups is 1. The fourth-order valence-corrected chi connectivity index (χ4v) is 2.75. The van der Waals surface area contributed by atoms with Crippen LogP contribution in [0.15, 0.2) is 41.8 Å². The first kappa shape index (κ1) is 13.1. The smallest absolute Gasteiger partial charge is 0.304 e. The van der Waals surface area contributed by atoms with Crippen molar-refractivity contribution in [3.8, 4) is 11.1 Å². The Kier molecular flexibility index (Phi) is 4.39. The fraction of sp³-hybridized carbons (Fsp3) is 0.214. The molecule has 1 aromatic heterocycles. The number of hydrogen-bond donors (Lipinski definition) is 1. The lowest BCUT2D eigenvalue weighted by molar-refractivity contribution is -0.137. The monoisotopic (exact) mass is 280 g/mol. The van der Waals surface area contributed by atoms with E-state index in [0.29, 0.717) is 6.42 Å². The summed E-state index contributed by atoms with van der Waals surface area (Å²) in [4.78, 5) is 11.4. The highest BCUT2D eigenvalue weighted by Crippen LogP contribution is 2.29. The van der Waals surface area contributed by atoms with E-state index in [9.17, 15) is 4.79 Å². The molecule has 0 saturated heterocycles. The third-order valence-electron chi connectivity index (χ3n) is 2.62. The molecule has 0 amide bonds. The van der Waals surface area contributed by atoms with E-state index in [1.54, 1.807) is 11.3 Å². The van der Waals surface area contributed by atoms with Gasteiger partial charge in [-0.25, -0.2) is 0 Å². The van der Waals surface area contributed by atoms with Crippen molar-refractivity contribution >= 4 is 28.9 Å². The summed E-state index contributed by atoms with van der Waals surface area (Å²) in [5, 5.41) is 10.1. The van der Waals surface area contributed by atoms with Crippen LogP contribution in [0.1, 0.15) is 11.3 Å². The van der Waals surface area contributed by atoms with Crippen LogP contribution in [-0.2, 0) is 11.2 Å². The number of carboxylic acid groups (broad SMARTS) is 1. The normalized spacial score (nSPS) is 12.3. The second-order valence-corrected chi connectivity index (χ2v) is 5.71. The summed E-state index contributed by atoms with van der Waals surface area (Å²) in [7, 11) is 0. The summed E-state index contributed by atoms with van der Waals surface area (Å²) in [5.74, 6) is -0.841. The predicted molar refractivity (Wildman–Crippen MR) is 75.4 cm³/mol. The average Bonchev–Trinajstić information content (AvgIpc) is 2.75. The van der Waals surface area contributed by atoms with Crippen LogP contribution in [-0.4, -0.2) is 16.5 Å². The highest BCUT2D eigenvalue weighted by atomic mass is 35.5. The molecule has 1 unspecified atom stereocenters. The zero-order chi connectivity index (χ0) is 13.0. The highest BCUT2D eigenvalue weighted by molar-refractivity contribution is 7.09. The van der Waals surface area contributed by atoms with Gasteiger partial charge in [-0.1, -0.05) is 30.3 Å². The Balaban J connectivity index is 0.000000164. The molecule has 0 spiro atoms. The van der Waals surface area contributed by atoms with Crippen LogP contribution in [0.5, 0.6) is 0 Å². The van der Waals surface area contributed by atoms with Crippen LogP contribution in [0.4, 0.5) is 0 Å². The standard InChI is InChI=1S/C8H9ClO2S.C6H4/c9-6(5-8(10)11)4-7-2-1-3-12-7;1-2-6-4-3-5(1)6/h1-3,6H,4-5H2,(H,10,11);1-4H. The zero-order valence-electron chi connectivity index (χ0n) is 9.67. The van der Waals surface area contributed by atoms with E-state index in [2.05, 4.69) is 24.3 Å². The summed E-state index contributed by atoms with van der Waals surface area (Å²) in [5.41, 5.74) is 2.85. The van der Waals surface area contributed by atoms with E-state index < -0.39 is 5.97 Å². The molecule has 2 nitrogen and oxygen atoms in total. The lowest BCUT2D eigenvalue weighted by Crippen LogP contribution is -2.09. The molecule has 0 radical (unpaired) electrons. The summed E-state index contributed by atoms with van der Waals surface area (Å²) in [6.45, 7) is 0. The van der Waals surface area contributed by atoms with E-state index in [0.717, 1.165) is 4.88 Å². The van der Waals surface area contributed by atoms with Crippen molar-refractivity contribution in [3.63, 3.8) is 0 Å². The molecule has 0 saturated carbocycles. The van der Waals surface area contributed by atoms with Crippen molar-refractivity contribution < 1.29 is 9.90 Å². The first-order valence-corrected chi connectivity index (χ1v) is 6.95. The molecule has 4 heteroatoms. The maximum absolute atomic E-state index is 10.3. The molecule has 0 aliphatic heterocycles. The molecule has 94 valence electrons. The average molecular weight is 281 g/mol. The quantitative estimate of drug-likeness (QED) is 0.732. The summed E-state index contributed by atoms with van der Waals surface area (Å²) in [6, 6.07) is 12.4. The van der Waals surface area contributed by atoms with Gasteiger partial charge in [0.1, 0.15) is 0 Å². The maximum Gasteiger partial charge on any atom is 0.304 e. The maximum atomic E-state index is 10.3. The first-order chi connectivity index (χ1) is 8.65. The van der Waals surface area contributed by atoms with Crippen LogP contribution in [0.3, 0.4) is 0 Å². The second-order valence-electron chi connectivity index (χ2n) is 4.06. The van der Waals surface area contributed by atoms with Gasteiger partial charge in [-0.3, -0.25) is 4.79 Å². The minimum Gasteiger partial charge on any atom is -0.481 e. The Morgan fingerprint density at radius 2 is 1.83 bits per heavy atom. The number of benzene rings is 1. The molecule has 2 aliphatic rings. The van der Waals surface area contributed by atoms with E-state index >= 15 is 0 Å². The minimum atomic E-state index is -0.841. The minimum absolute atomic E-state index is 0.0272. The van der Waals surface area contributed by atoms with Gasteiger partial charge in [0, 0.05) is 10.3 Å². The second kappa shape index (κ2) is 6.03. The molecule has 0 fully saturated rings. The molecule has 1 aromatic rings. The molecule has 1 atom stereocenters. The molecule has 0 aromatic carbocycles. The van der Waals surface area contributed by atoms with Crippen LogP contribution in [0.2, 0.25) is 0 Å². The molecule has 1 N–H and O–H groups in total. The molecule has 1 heterocycles. The largest absolute Gasteiger partial charge is 0.481 e. The number of alkyl halides is 1. The van der Waals surface area contributed by atoms with Crippen LogP contribution in [0, 0.1) is 0 Å². The van der Waals surface area contributed by atoms with Gasteiger partial charge in [-0.2, -0.15) is 0 Å². The Hall–Kier alpha value is -1.32. The number of carboxylic acids is 1. The van der Waals surface area contributed by atoms with E-state index in [-0.39, 0.29) is 11.8 Å². The van der Waals surface area contributed by atoms with Gasteiger partial charge in [0.15, 0.2) is 0 Å². The molecule has 0 bridgehead atoms. The van der Waals surface area contributed by atoms with Gasteiger partial charge in [-0.15, -0.1) is 22.9 Å². The highest BCUT2D eigenvalue weighted by Gasteiger charge is 2.10. The molecule has 18 heavy (non-hydrogen) atoms. The Bertz CT molecular complexity index is 484. The number of hydrogen-bond acceptors (Lipinski definition) is 2. The Morgan fingerprint density at radius 3 is 2.17 bits per heavy atom. The van der Waals surface area contributed by atoms with E-state index in [1.807, 2.05) is 17.5 Å². The summed E-state index contributed by atoms with van der Waals surface area (Å²) < 4.78 is 0. The van der Waals surface area contributed by atoms with Crippen molar-refractivity contribution in [1.29, 1.82) is 0 Å². The van der Waals surface area contributed by atoms with Crippen molar-refractivity contribution in [1.82, 2.24) is 0 Å². The van der Waals surface area contributed by atoms with Crippen molar-refractivity contribution in [3.05, 3.63) is 46.7 Å². The third-order valence-corrected chi connectivity index (χ3v) is 3.82. The number of fused-ring (bicyclic) bond motifs is 1. The van der Waals surface area contributed by atoms with Crippen molar-refractivity contribution in [2.75, 3.05) is 0 Å². The van der Waals surface area contributed by atoms with Crippen molar-refractivity contribution in [2.24, 2.45) is 0 Å². The van der Waals surface area contributed by atoms with Gasteiger partial charge in [0.05, 0.1) is 6.42 Å². The van der Waals surface area contributed by atoms with Crippen LogP contribution < -0.4 is 0 Å². The van der Waals surface area contributed by atoms with Crippen LogP contribution in [0.25, 0.3) is 11.1 Å². The molecule has 3 rings (SSSR count). The number of rotatable bonds is 4. The molecular weight excluding hydrogens is 268 g/mol. The SMILES string of the molecule is O=C(O)CC(Cl)Cc1cccs1.c1cc2ccc1-2. The van der Waals surface area contributed by atoms with E-state index in [1.165, 1.54) is 11.1 Å². The summed E-state index contributed by atoms with van der Waals surface area (Å²) in [6.07, 6.45) is 0.672. The topological polar surface area (TPSA) is 37.3 Å². The van der Waals surface area contributed by atoms with E-state index in [4.69, 9.17) is 16.7 Å². The van der Waals surface area contributed by atoms with Gasteiger partial charge in [0.25, 0.3) is 0 Å². The Morgan fingerprint density at radius 1 is 1.22 bits per heavy atom. The lowest BCUT2D eigenvalue weighted by atomic mass is 9.95. The molecule has 2 aliphatic carbocycles. The number of halogens is 1. The third kappa shape index (κ3) is 3.59. The zero-order valence-corrected chi connectivity index (χ0v) is 11.2. The number of aliphatic carboxylic acids is 1. The van der Waals surface area contributed by atoms with Gasteiger partial charge >= 0.3 is 5.97 Å². The molecular formula is C14H13ClO2S. The van der Waals surface area contributed by atoms with Gasteiger partial charge in [0.2, 0.25) is 0 Å².